The fourth-order valence-electron chi connectivity index (χ4n) is 1.79. The summed E-state index contributed by atoms with van der Waals surface area (Å²) in [5.41, 5.74) is 0.102. The van der Waals surface area contributed by atoms with Gasteiger partial charge in [-0.2, -0.15) is 13.2 Å². The lowest BCUT2D eigenvalue weighted by Gasteiger charge is -2.07. The van der Waals surface area contributed by atoms with Crippen molar-refractivity contribution in [1.82, 2.24) is 9.97 Å². The second kappa shape index (κ2) is 5.38. The van der Waals surface area contributed by atoms with Crippen LogP contribution >= 0.6 is 11.3 Å². The molecule has 0 bridgehead atoms. The van der Waals surface area contributed by atoms with Crippen molar-refractivity contribution in [3.63, 3.8) is 0 Å². The van der Waals surface area contributed by atoms with E-state index in [0.29, 0.717) is 10.3 Å². The molecule has 0 spiro atoms. The number of aromatic nitrogens is 2. The molecule has 1 aromatic carbocycles. The van der Waals surface area contributed by atoms with Crippen molar-refractivity contribution in [3.8, 4) is 0 Å². The van der Waals surface area contributed by atoms with Crippen LogP contribution in [-0.4, -0.2) is 15.9 Å². The summed E-state index contributed by atoms with van der Waals surface area (Å²) in [6.07, 6.45) is -2.81. The van der Waals surface area contributed by atoms with E-state index in [9.17, 15) is 18.0 Å². The van der Waals surface area contributed by atoms with Crippen molar-refractivity contribution in [2.75, 3.05) is 5.32 Å². The summed E-state index contributed by atoms with van der Waals surface area (Å²) in [6, 6.07) is 7.66. The van der Waals surface area contributed by atoms with Crippen LogP contribution in [0.25, 0.3) is 10.3 Å². The van der Waals surface area contributed by atoms with Gasteiger partial charge in [0.25, 0.3) is 5.91 Å². The number of thiazole rings is 1. The summed E-state index contributed by atoms with van der Waals surface area (Å²) in [6.45, 7) is 0. The second-order valence-electron chi connectivity index (χ2n) is 4.38. The summed E-state index contributed by atoms with van der Waals surface area (Å²) in [5.74, 6) is -0.484. The second-order valence-corrected chi connectivity index (χ2v) is 5.35. The Hall–Kier alpha value is -2.48. The lowest BCUT2D eigenvalue weighted by Crippen LogP contribution is -2.12. The van der Waals surface area contributed by atoms with Gasteiger partial charge in [0.15, 0.2) is 5.01 Å². The van der Waals surface area contributed by atoms with Crippen molar-refractivity contribution in [3.05, 3.63) is 53.2 Å². The SMILES string of the molecule is O=C(Nc1ccc(C(F)(F)F)cc1)c1nc2cccnc2s1. The minimum absolute atomic E-state index is 0.202. The third kappa shape index (κ3) is 2.91. The highest BCUT2D eigenvalue weighted by molar-refractivity contribution is 7.20. The highest BCUT2D eigenvalue weighted by atomic mass is 32.1. The van der Waals surface area contributed by atoms with Crippen molar-refractivity contribution in [1.29, 1.82) is 0 Å². The van der Waals surface area contributed by atoms with E-state index in [1.54, 1.807) is 18.3 Å². The maximum Gasteiger partial charge on any atom is 0.416 e. The molecule has 3 rings (SSSR count). The van der Waals surface area contributed by atoms with Crippen LogP contribution in [-0.2, 0) is 6.18 Å². The number of pyridine rings is 1. The number of alkyl halides is 3. The van der Waals surface area contributed by atoms with Crippen molar-refractivity contribution < 1.29 is 18.0 Å². The molecule has 1 amide bonds. The minimum atomic E-state index is -4.40. The van der Waals surface area contributed by atoms with Gasteiger partial charge in [0.2, 0.25) is 0 Å². The van der Waals surface area contributed by atoms with Gasteiger partial charge in [0.1, 0.15) is 10.3 Å². The number of fused-ring (bicyclic) bond motifs is 1. The molecule has 112 valence electrons. The predicted molar refractivity (Wildman–Crippen MR) is 76.8 cm³/mol. The van der Waals surface area contributed by atoms with Gasteiger partial charge in [-0.25, -0.2) is 9.97 Å². The minimum Gasteiger partial charge on any atom is -0.320 e. The van der Waals surface area contributed by atoms with E-state index in [0.717, 1.165) is 23.5 Å². The van der Waals surface area contributed by atoms with Crippen LogP contribution in [0.4, 0.5) is 18.9 Å². The molecule has 0 aliphatic heterocycles. The molecule has 1 N–H and O–H groups in total. The summed E-state index contributed by atoms with van der Waals surface area (Å²) in [7, 11) is 0. The number of amides is 1. The van der Waals surface area contributed by atoms with Crippen LogP contribution in [0.2, 0.25) is 0 Å². The Labute approximate surface area is 126 Å². The number of hydrogen-bond acceptors (Lipinski definition) is 4. The van der Waals surface area contributed by atoms with E-state index in [2.05, 4.69) is 15.3 Å². The zero-order valence-corrected chi connectivity index (χ0v) is 11.7. The maximum atomic E-state index is 12.5. The molecule has 4 nitrogen and oxygen atoms in total. The molecule has 2 heterocycles. The van der Waals surface area contributed by atoms with E-state index in [4.69, 9.17) is 0 Å². The van der Waals surface area contributed by atoms with Gasteiger partial charge >= 0.3 is 6.18 Å². The Kier molecular flexibility index (Phi) is 3.53. The van der Waals surface area contributed by atoms with Crippen molar-refractivity contribution in [2.45, 2.75) is 6.18 Å². The Morgan fingerprint density at radius 2 is 1.86 bits per heavy atom. The van der Waals surface area contributed by atoms with Gasteiger partial charge < -0.3 is 5.32 Å². The van der Waals surface area contributed by atoms with Gasteiger partial charge in [0.05, 0.1) is 5.56 Å². The van der Waals surface area contributed by atoms with Gasteiger partial charge in [0, 0.05) is 11.9 Å². The number of rotatable bonds is 2. The third-order valence-corrected chi connectivity index (χ3v) is 3.81. The first kappa shape index (κ1) is 14.5. The molecule has 2 aromatic heterocycles. The van der Waals surface area contributed by atoms with Crippen LogP contribution in [0.3, 0.4) is 0 Å². The largest absolute Gasteiger partial charge is 0.416 e. The van der Waals surface area contributed by atoms with Crippen LogP contribution in [0.5, 0.6) is 0 Å². The first-order chi connectivity index (χ1) is 10.4. The van der Waals surface area contributed by atoms with Gasteiger partial charge in [-0.3, -0.25) is 4.79 Å². The number of benzene rings is 1. The molecule has 0 atom stereocenters. The summed E-state index contributed by atoms with van der Waals surface area (Å²) in [4.78, 5) is 20.9. The quantitative estimate of drug-likeness (QED) is 0.776. The number of halogens is 3. The first-order valence-electron chi connectivity index (χ1n) is 6.14. The predicted octanol–water partition coefficient (Wildman–Crippen LogP) is 3.96. The lowest BCUT2D eigenvalue weighted by molar-refractivity contribution is -0.137. The maximum absolute atomic E-state index is 12.5. The summed E-state index contributed by atoms with van der Waals surface area (Å²) in [5, 5.41) is 2.71. The monoisotopic (exact) mass is 323 g/mol. The molecule has 0 radical (unpaired) electrons. The molecule has 0 saturated carbocycles. The van der Waals surface area contributed by atoms with Gasteiger partial charge in [-0.1, -0.05) is 11.3 Å². The highest BCUT2D eigenvalue weighted by Crippen LogP contribution is 2.30. The number of carbonyl (C=O) groups is 1. The molecule has 22 heavy (non-hydrogen) atoms. The topological polar surface area (TPSA) is 54.9 Å². The molecule has 0 aliphatic carbocycles. The zero-order chi connectivity index (χ0) is 15.7. The Balaban J connectivity index is 1.79. The average Bonchev–Trinajstić information content (AvgIpc) is 2.91. The van der Waals surface area contributed by atoms with E-state index >= 15 is 0 Å². The number of hydrogen-bond donors (Lipinski definition) is 1. The van der Waals surface area contributed by atoms with E-state index in [1.807, 2.05) is 0 Å². The van der Waals surface area contributed by atoms with Gasteiger partial charge in [-0.15, -0.1) is 0 Å². The Morgan fingerprint density at radius 1 is 1.14 bits per heavy atom. The normalized spacial score (nSPS) is 11.6. The highest BCUT2D eigenvalue weighted by Gasteiger charge is 2.30. The van der Waals surface area contributed by atoms with E-state index < -0.39 is 17.6 Å². The standard InChI is InChI=1S/C14H8F3N3OS/c15-14(16,17)8-3-5-9(6-4-8)19-11(21)13-20-10-2-1-7-18-12(10)22-13/h1-7H,(H,19,21). The smallest absolute Gasteiger partial charge is 0.320 e. The van der Waals surface area contributed by atoms with Gasteiger partial charge in [-0.05, 0) is 36.4 Å². The molecule has 3 aromatic rings. The number of carbonyl (C=O) groups excluding carboxylic acids is 1. The number of anilines is 1. The molecule has 0 fully saturated rings. The first-order valence-corrected chi connectivity index (χ1v) is 6.95. The number of nitrogens with zero attached hydrogens (tertiary/aromatic N) is 2. The molecule has 0 saturated heterocycles. The summed E-state index contributed by atoms with van der Waals surface area (Å²) < 4.78 is 37.4. The van der Waals surface area contributed by atoms with Crippen molar-refractivity contribution >= 4 is 33.3 Å². The molecular formula is C14H8F3N3OS. The fraction of sp³-hybridized carbons (Fsp3) is 0.0714. The van der Waals surface area contributed by atoms with E-state index in [1.165, 1.54) is 12.1 Å². The number of nitrogens with one attached hydrogen (secondary N) is 1. The van der Waals surface area contributed by atoms with Crippen LogP contribution in [0.15, 0.2) is 42.6 Å². The zero-order valence-electron chi connectivity index (χ0n) is 10.9. The van der Waals surface area contributed by atoms with E-state index in [-0.39, 0.29) is 10.7 Å². The molecule has 0 unspecified atom stereocenters. The summed E-state index contributed by atoms with van der Waals surface area (Å²) >= 11 is 1.12. The Morgan fingerprint density at radius 3 is 2.50 bits per heavy atom. The average molecular weight is 323 g/mol. The molecule has 0 aliphatic rings. The van der Waals surface area contributed by atoms with Crippen LogP contribution in [0.1, 0.15) is 15.4 Å². The lowest BCUT2D eigenvalue weighted by atomic mass is 10.2. The van der Waals surface area contributed by atoms with Crippen molar-refractivity contribution in [2.24, 2.45) is 0 Å². The van der Waals surface area contributed by atoms with Crippen LogP contribution < -0.4 is 5.32 Å². The molecule has 8 heteroatoms. The van der Waals surface area contributed by atoms with Crippen LogP contribution in [0, 0.1) is 0 Å². The Bertz CT molecular complexity index is 794. The fourth-order valence-corrected chi connectivity index (χ4v) is 2.60. The third-order valence-electron chi connectivity index (χ3n) is 2.83. The molecular weight excluding hydrogens is 315 g/mol.